The minimum atomic E-state index is -0.225. The fraction of sp³-hybridized carbons (Fsp3) is 0.458. The van der Waals surface area contributed by atoms with Crippen molar-refractivity contribution in [1.82, 2.24) is 15.5 Å². The first-order valence-electron chi connectivity index (χ1n) is 10.6. The Morgan fingerprint density at radius 1 is 1.13 bits per heavy atom. The molecule has 0 unspecified atom stereocenters. The van der Waals surface area contributed by atoms with Crippen molar-refractivity contribution in [3.05, 3.63) is 58.9 Å². The fourth-order valence-corrected chi connectivity index (χ4v) is 4.23. The lowest BCUT2D eigenvalue weighted by Crippen LogP contribution is -2.50. The largest absolute Gasteiger partial charge is 0.493 e. The molecule has 1 heterocycles. The number of halogens is 1. The Balaban J connectivity index is 1.97. The molecule has 0 spiro atoms. The number of methoxy groups -OCH3 is 2. The summed E-state index contributed by atoms with van der Waals surface area (Å²) in [6.45, 7) is 7.00. The molecule has 0 radical (unpaired) electrons. The molecule has 2 aromatic carbocycles. The molecule has 0 bridgehead atoms. The molecule has 168 valence electrons. The van der Waals surface area contributed by atoms with E-state index in [0.717, 1.165) is 24.1 Å². The summed E-state index contributed by atoms with van der Waals surface area (Å²) in [5.41, 5.74) is 2.83. The monoisotopic (exact) mass is 429 g/mol. The van der Waals surface area contributed by atoms with Gasteiger partial charge in [0.15, 0.2) is 11.5 Å². The smallest absolute Gasteiger partial charge is 0.315 e. The van der Waals surface area contributed by atoms with E-state index in [1.54, 1.807) is 26.4 Å². The number of rotatable bonds is 7. The van der Waals surface area contributed by atoms with Gasteiger partial charge < -0.3 is 20.1 Å². The zero-order valence-electron chi connectivity index (χ0n) is 18.9. The molecular weight excluding hydrogens is 397 g/mol. The highest BCUT2D eigenvalue weighted by Crippen LogP contribution is 2.40. The van der Waals surface area contributed by atoms with E-state index in [4.69, 9.17) is 9.47 Å². The molecule has 7 heteroatoms. The first-order valence-corrected chi connectivity index (χ1v) is 10.6. The van der Waals surface area contributed by atoms with E-state index in [-0.39, 0.29) is 30.0 Å². The van der Waals surface area contributed by atoms with Crippen LogP contribution >= 0.6 is 0 Å². The Hall–Kier alpha value is -2.80. The Bertz CT molecular complexity index is 919. The summed E-state index contributed by atoms with van der Waals surface area (Å²) in [4.78, 5) is 14.6. The number of carbonyl (C=O) groups is 1. The highest BCUT2D eigenvalue weighted by molar-refractivity contribution is 5.74. The van der Waals surface area contributed by atoms with Crippen LogP contribution in [0, 0.1) is 5.82 Å². The molecule has 2 N–H and O–H groups in total. The first-order chi connectivity index (χ1) is 14.8. The molecule has 0 aliphatic carbocycles. The first kappa shape index (κ1) is 22.9. The minimum Gasteiger partial charge on any atom is -0.493 e. The molecule has 2 atom stereocenters. The lowest BCUT2D eigenvalue weighted by atomic mass is 9.87. The minimum absolute atomic E-state index is 0.0321. The molecule has 0 fully saturated rings. The van der Waals surface area contributed by atoms with Crippen molar-refractivity contribution in [3.8, 4) is 11.5 Å². The van der Waals surface area contributed by atoms with Crippen LogP contribution in [0.5, 0.6) is 11.5 Å². The Morgan fingerprint density at radius 3 is 2.45 bits per heavy atom. The molecule has 0 saturated carbocycles. The second-order valence-electron chi connectivity index (χ2n) is 8.22. The molecule has 1 aliphatic rings. The maximum Gasteiger partial charge on any atom is 0.315 e. The molecular formula is C24H32FN3O3. The van der Waals surface area contributed by atoms with Crippen molar-refractivity contribution in [2.45, 2.75) is 51.9 Å². The van der Waals surface area contributed by atoms with Crippen molar-refractivity contribution >= 4 is 6.03 Å². The standard InChI is InChI=1S/C24H32FN3O3/c1-15(2)26-24(29)27-16(3)23-19-13-22(31-5)21(30-4)12-17(19)10-11-28(23)14-18-8-6-7-9-20(18)25/h6-9,12-13,15-16,23H,10-11,14H2,1-5H3,(H2,26,27,29)/t16-,23-/m1/s1. The van der Waals surface area contributed by atoms with Crippen LogP contribution in [0.25, 0.3) is 0 Å². The SMILES string of the molecule is COc1cc2c(cc1OC)[C@@H]([C@@H](C)NC(=O)NC(C)C)N(Cc1ccccc1F)CC2. The molecule has 2 amide bonds. The van der Waals surface area contributed by atoms with E-state index in [0.29, 0.717) is 23.6 Å². The van der Waals surface area contributed by atoms with E-state index < -0.39 is 0 Å². The van der Waals surface area contributed by atoms with Crippen LogP contribution in [0.2, 0.25) is 0 Å². The summed E-state index contributed by atoms with van der Waals surface area (Å²) in [6, 6.07) is 10.2. The van der Waals surface area contributed by atoms with Crippen LogP contribution in [0.15, 0.2) is 36.4 Å². The number of fused-ring (bicyclic) bond motifs is 1. The number of carbonyl (C=O) groups excluding carboxylic acids is 1. The highest BCUT2D eigenvalue weighted by Gasteiger charge is 2.34. The summed E-state index contributed by atoms with van der Waals surface area (Å²) in [6.07, 6.45) is 0.797. The third-order valence-electron chi connectivity index (χ3n) is 5.61. The summed E-state index contributed by atoms with van der Waals surface area (Å²) < 4.78 is 25.4. The molecule has 1 aliphatic heterocycles. The second-order valence-corrected chi connectivity index (χ2v) is 8.22. The van der Waals surface area contributed by atoms with Gasteiger partial charge in [0.1, 0.15) is 5.82 Å². The summed E-state index contributed by atoms with van der Waals surface area (Å²) >= 11 is 0. The van der Waals surface area contributed by atoms with Gasteiger partial charge >= 0.3 is 6.03 Å². The highest BCUT2D eigenvalue weighted by atomic mass is 19.1. The summed E-state index contributed by atoms with van der Waals surface area (Å²) in [5, 5.41) is 5.94. The fourth-order valence-electron chi connectivity index (χ4n) is 4.23. The molecule has 0 aromatic heterocycles. The number of urea groups is 1. The molecule has 0 saturated heterocycles. The van der Waals surface area contributed by atoms with E-state index in [1.165, 1.54) is 6.07 Å². The topological polar surface area (TPSA) is 62.8 Å². The molecule has 31 heavy (non-hydrogen) atoms. The van der Waals surface area contributed by atoms with Crippen LogP contribution in [-0.2, 0) is 13.0 Å². The van der Waals surface area contributed by atoms with Crippen LogP contribution in [0.3, 0.4) is 0 Å². The Morgan fingerprint density at radius 2 is 1.81 bits per heavy atom. The Kier molecular flexibility index (Phi) is 7.38. The zero-order valence-corrected chi connectivity index (χ0v) is 18.9. The van der Waals surface area contributed by atoms with E-state index in [1.807, 2.05) is 39.0 Å². The maximum atomic E-state index is 14.4. The van der Waals surface area contributed by atoms with Crippen LogP contribution in [-0.4, -0.2) is 43.8 Å². The number of hydrogen-bond acceptors (Lipinski definition) is 4. The predicted octanol–water partition coefficient (Wildman–Crippen LogP) is 4.04. The average molecular weight is 430 g/mol. The summed E-state index contributed by atoms with van der Waals surface area (Å²) in [5.74, 6) is 1.09. The lowest BCUT2D eigenvalue weighted by molar-refractivity contribution is 0.141. The predicted molar refractivity (Wildman–Crippen MR) is 119 cm³/mol. The van der Waals surface area contributed by atoms with Gasteiger partial charge in [0, 0.05) is 30.7 Å². The normalized spacial score (nSPS) is 17.1. The van der Waals surface area contributed by atoms with Gasteiger partial charge in [0.05, 0.1) is 20.3 Å². The van der Waals surface area contributed by atoms with Gasteiger partial charge in [-0.05, 0) is 56.5 Å². The maximum absolute atomic E-state index is 14.4. The van der Waals surface area contributed by atoms with Gasteiger partial charge in [-0.2, -0.15) is 0 Å². The van der Waals surface area contributed by atoms with Crippen molar-refractivity contribution in [1.29, 1.82) is 0 Å². The number of amides is 2. The molecule has 6 nitrogen and oxygen atoms in total. The van der Waals surface area contributed by atoms with Crippen molar-refractivity contribution in [2.24, 2.45) is 0 Å². The molecule has 2 aromatic rings. The van der Waals surface area contributed by atoms with Crippen molar-refractivity contribution in [3.63, 3.8) is 0 Å². The second kappa shape index (κ2) is 10.0. The van der Waals surface area contributed by atoms with Gasteiger partial charge in [-0.25, -0.2) is 9.18 Å². The molecule has 3 rings (SSSR count). The van der Waals surface area contributed by atoms with Gasteiger partial charge in [-0.15, -0.1) is 0 Å². The third kappa shape index (κ3) is 5.28. The van der Waals surface area contributed by atoms with Gasteiger partial charge in [0.25, 0.3) is 0 Å². The van der Waals surface area contributed by atoms with Crippen molar-refractivity contribution < 1.29 is 18.7 Å². The zero-order chi connectivity index (χ0) is 22.5. The van der Waals surface area contributed by atoms with E-state index in [2.05, 4.69) is 15.5 Å². The third-order valence-corrected chi connectivity index (χ3v) is 5.61. The lowest BCUT2D eigenvalue weighted by Gasteiger charge is -2.41. The van der Waals surface area contributed by atoms with Gasteiger partial charge in [0.2, 0.25) is 0 Å². The van der Waals surface area contributed by atoms with Gasteiger partial charge in [-0.1, -0.05) is 18.2 Å². The number of hydrogen-bond donors (Lipinski definition) is 2. The van der Waals surface area contributed by atoms with Crippen LogP contribution in [0.1, 0.15) is 43.5 Å². The number of benzene rings is 2. The Labute approximate surface area is 183 Å². The van der Waals surface area contributed by atoms with E-state index in [9.17, 15) is 9.18 Å². The van der Waals surface area contributed by atoms with Crippen molar-refractivity contribution in [2.75, 3.05) is 20.8 Å². The number of ether oxygens (including phenoxy) is 2. The number of nitrogens with one attached hydrogen (secondary N) is 2. The van der Waals surface area contributed by atoms with Crippen LogP contribution < -0.4 is 20.1 Å². The van der Waals surface area contributed by atoms with Gasteiger partial charge in [-0.3, -0.25) is 4.90 Å². The van der Waals surface area contributed by atoms with E-state index >= 15 is 0 Å². The number of nitrogens with zero attached hydrogens (tertiary/aromatic N) is 1. The van der Waals surface area contributed by atoms with Crippen LogP contribution in [0.4, 0.5) is 9.18 Å². The summed E-state index contributed by atoms with van der Waals surface area (Å²) in [7, 11) is 3.23. The average Bonchev–Trinajstić information content (AvgIpc) is 2.73. The quantitative estimate of drug-likeness (QED) is 0.697.